The zero-order valence-electron chi connectivity index (χ0n) is 11.9. The summed E-state index contributed by atoms with van der Waals surface area (Å²) < 4.78 is 5.28. The van der Waals surface area contributed by atoms with Gasteiger partial charge in [0.05, 0.1) is 6.61 Å². The van der Waals surface area contributed by atoms with Crippen molar-refractivity contribution < 1.29 is 24.5 Å². The van der Waals surface area contributed by atoms with E-state index in [4.69, 9.17) is 16.2 Å². The van der Waals surface area contributed by atoms with Gasteiger partial charge in [-0.25, -0.2) is 0 Å². The molecular formula is C13H24N2O5. The number of carboxylic acids is 2. The summed E-state index contributed by atoms with van der Waals surface area (Å²) in [6.45, 7) is 4.35. The molecule has 1 aliphatic rings. The maximum atomic E-state index is 11.6. The molecule has 7 nitrogen and oxygen atoms in total. The smallest absolute Gasteiger partial charge is 0.321 e. The Balaban J connectivity index is 3.10. The lowest BCUT2D eigenvalue weighted by molar-refractivity contribution is -0.181. The molecule has 0 aromatic rings. The Morgan fingerprint density at radius 2 is 1.90 bits per heavy atom. The zero-order valence-corrected chi connectivity index (χ0v) is 11.9. The van der Waals surface area contributed by atoms with E-state index in [1.165, 1.54) is 0 Å². The van der Waals surface area contributed by atoms with Crippen LogP contribution < -0.4 is 11.5 Å². The van der Waals surface area contributed by atoms with Gasteiger partial charge in [0.25, 0.3) is 0 Å². The number of rotatable bonds is 6. The molecule has 20 heavy (non-hydrogen) atoms. The Kier molecular flexibility index (Phi) is 5.50. The van der Waals surface area contributed by atoms with E-state index >= 15 is 0 Å². The molecule has 1 heterocycles. The molecule has 0 saturated carbocycles. The molecule has 0 spiro atoms. The van der Waals surface area contributed by atoms with Crippen LogP contribution in [0.2, 0.25) is 0 Å². The first-order valence-corrected chi connectivity index (χ1v) is 6.79. The second-order valence-electron chi connectivity index (χ2n) is 5.66. The van der Waals surface area contributed by atoms with Gasteiger partial charge in [-0.15, -0.1) is 0 Å². The van der Waals surface area contributed by atoms with Gasteiger partial charge in [-0.3, -0.25) is 9.59 Å². The molecule has 1 aliphatic heterocycles. The SMILES string of the molecule is CC(CN)C(C)C(N)C1COCCC1(C(=O)O)C(=O)O. The Labute approximate surface area is 118 Å². The third kappa shape index (κ3) is 2.79. The summed E-state index contributed by atoms with van der Waals surface area (Å²) >= 11 is 0. The highest BCUT2D eigenvalue weighted by molar-refractivity contribution is 5.98. The Morgan fingerprint density at radius 3 is 2.35 bits per heavy atom. The van der Waals surface area contributed by atoms with E-state index < -0.39 is 29.3 Å². The lowest BCUT2D eigenvalue weighted by Gasteiger charge is -2.42. The fraction of sp³-hybridized carbons (Fsp3) is 0.846. The van der Waals surface area contributed by atoms with Crippen LogP contribution in [0.25, 0.3) is 0 Å². The first kappa shape index (κ1) is 16.9. The van der Waals surface area contributed by atoms with Crippen LogP contribution in [-0.4, -0.2) is 48.0 Å². The highest BCUT2D eigenvalue weighted by Crippen LogP contribution is 2.40. The Bertz CT molecular complexity index is 360. The first-order chi connectivity index (χ1) is 9.28. The van der Waals surface area contributed by atoms with Crippen molar-refractivity contribution in [3.63, 3.8) is 0 Å². The van der Waals surface area contributed by atoms with Crippen molar-refractivity contribution in [1.29, 1.82) is 0 Å². The van der Waals surface area contributed by atoms with E-state index in [1.54, 1.807) is 0 Å². The van der Waals surface area contributed by atoms with Gasteiger partial charge in [-0.05, 0) is 24.8 Å². The molecule has 0 aromatic heterocycles. The molecule has 4 atom stereocenters. The van der Waals surface area contributed by atoms with Gasteiger partial charge in [0, 0.05) is 18.6 Å². The summed E-state index contributed by atoms with van der Waals surface area (Å²) in [4.78, 5) is 23.2. The van der Waals surface area contributed by atoms with E-state index in [-0.39, 0.29) is 31.5 Å². The van der Waals surface area contributed by atoms with Gasteiger partial charge in [-0.1, -0.05) is 13.8 Å². The molecule has 0 bridgehead atoms. The molecule has 0 aliphatic carbocycles. The average molecular weight is 288 g/mol. The molecule has 7 heteroatoms. The van der Waals surface area contributed by atoms with E-state index in [9.17, 15) is 19.8 Å². The van der Waals surface area contributed by atoms with Gasteiger partial charge in [0.15, 0.2) is 5.41 Å². The number of nitrogens with two attached hydrogens (primary N) is 2. The highest BCUT2D eigenvalue weighted by Gasteiger charge is 2.57. The van der Waals surface area contributed by atoms with Crippen LogP contribution in [-0.2, 0) is 14.3 Å². The van der Waals surface area contributed by atoms with Crippen molar-refractivity contribution in [2.45, 2.75) is 26.3 Å². The maximum Gasteiger partial charge on any atom is 0.321 e. The molecular weight excluding hydrogens is 264 g/mol. The normalized spacial score (nSPS) is 26.5. The minimum absolute atomic E-state index is 0.0431. The van der Waals surface area contributed by atoms with Crippen molar-refractivity contribution in [2.24, 2.45) is 34.6 Å². The number of carbonyl (C=O) groups is 2. The average Bonchev–Trinajstić information content (AvgIpc) is 2.44. The van der Waals surface area contributed by atoms with Crippen LogP contribution in [0, 0.1) is 23.2 Å². The number of ether oxygens (including phenoxy) is 1. The molecule has 1 fully saturated rings. The molecule has 116 valence electrons. The van der Waals surface area contributed by atoms with Crippen LogP contribution >= 0.6 is 0 Å². The molecule has 0 amide bonds. The summed E-state index contributed by atoms with van der Waals surface area (Å²) in [5, 5.41) is 18.9. The highest BCUT2D eigenvalue weighted by atomic mass is 16.5. The molecule has 1 saturated heterocycles. The first-order valence-electron chi connectivity index (χ1n) is 6.79. The number of aliphatic carboxylic acids is 2. The Morgan fingerprint density at radius 1 is 1.35 bits per heavy atom. The van der Waals surface area contributed by atoms with Gasteiger partial charge in [0.1, 0.15) is 0 Å². The van der Waals surface area contributed by atoms with Crippen molar-refractivity contribution in [3.8, 4) is 0 Å². The molecule has 0 aromatic carbocycles. The fourth-order valence-corrected chi connectivity index (χ4v) is 2.79. The maximum absolute atomic E-state index is 11.6. The minimum Gasteiger partial charge on any atom is -0.480 e. The van der Waals surface area contributed by atoms with Crippen molar-refractivity contribution in [3.05, 3.63) is 0 Å². The van der Waals surface area contributed by atoms with Crippen molar-refractivity contribution in [2.75, 3.05) is 19.8 Å². The van der Waals surface area contributed by atoms with Crippen LogP contribution in [0.5, 0.6) is 0 Å². The monoisotopic (exact) mass is 288 g/mol. The van der Waals surface area contributed by atoms with Gasteiger partial charge in [0.2, 0.25) is 0 Å². The predicted molar refractivity (Wildman–Crippen MR) is 72.0 cm³/mol. The third-order valence-corrected chi connectivity index (χ3v) is 4.68. The second-order valence-corrected chi connectivity index (χ2v) is 5.66. The van der Waals surface area contributed by atoms with Crippen LogP contribution in [0.4, 0.5) is 0 Å². The zero-order chi connectivity index (χ0) is 15.5. The minimum atomic E-state index is -1.87. The largest absolute Gasteiger partial charge is 0.480 e. The van der Waals surface area contributed by atoms with Crippen LogP contribution in [0.1, 0.15) is 20.3 Å². The number of hydrogen-bond acceptors (Lipinski definition) is 5. The fourth-order valence-electron chi connectivity index (χ4n) is 2.79. The third-order valence-electron chi connectivity index (χ3n) is 4.68. The molecule has 4 unspecified atom stereocenters. The predicted octanol–water partition coefficient (Wildman–Crippen LogP) is -0.263. The van der Waals surface area contributed by atoms with Gasteiger partial charge >= 0.3 is 11.9 Å². The van der Waals surface area contributed by atoms with E-state index in [1.807, 2.05) is 13.8 Å². The molecule has 6 N–H and O–H groups in total. The topological polar surface area (TPSA) is 136 Å². The lowest BCUT2D eigenvalue weighted by atomic mass is 9.65. The summed E-state index contributed by atoms with van der Waals surface area (Å²) in [6.07, 6.45) is -0.0697. The summed E-state index contributed by atoms with van der Waals surface area (Å²) in [5.74, 6) is -3.48. The van der Waals surface area contributed by atoms with Crippen LogP contribution in [0.15, 0.2) is 0 Å². The lowest BCUT2D eigenvalue weighted by Crippen LogP contribution is -2.59. The molecule has 0 radical (unpaired) electrons. The number of hydrogen-bond donors (Lipinski definition) is 4. The standard InChI is InChI=1S/C13H24N2O5/c1-7(5-14)8(2)10(15)9-6-20-4-3-13(9,11(16)17)12(18)19/h7-10H,3-6,14-15H2,1-2H3,(H,16,17)(H,18,19). The van der Waals surface area contributed by atoms with E-state index in [0.29, 0.717) is 6.54 Å². The van der Waals surface area contributed by atoms with Crippen LogP contribution in [0.3, 0.4) is 0 Å². The number of carboxylic acid groups (broad SMARTS) is 2. The van der Waals surface area contributed by atoms with Crippen molar-refractivity contribution in [1.82, 2.24) is 0 Å². The summed E-state index contributed by atoms with van der Waals surface area (Å²) in [7, 11) is 0. The summed E-state index contributed by atoms with van der Waals surface area (Å²) in [6, 6.07) is -0.596. The van der Waals surface area contributed by atoms with Gasteiger partial charge < -0.3 is 26.4 Å². The summed E-state index contributed by atoms with van der Waals surface area (Å²) in [5.41, 5.74) is 9.89. The van der Waals surface area contributed by atoms with Crippen molar-refractivity contribution >= 4 is 11.9 Å². The van der Waals surface area contributed by atoms with E-state index in [2.05, 4.69) is 0 Å². The van der Waals surface area contributed by atoms with Gasteiger partial charge in [-0.2, -0.15) is 0 Å². The quantitative estimate of drug-likeness (QED) is 0.494. The van der Waals surface area contributed by atoms with E-state index in [0.717, 1.165) is 0 Å². The second kappa shape index (κ2) is 6.51. The molecule has 1 rings (SSSR count). The Hall–Kier alpha value is -1.18.